The van der Waals surface area contributed by atoms with Crippen LogP contribution in [-0.2, 0) is 31.9 Å². The van der Waals surface area contributed by atoms with Crippen LogP contribution in [0.5, 0.6) is 0 Å². The summed E-state index contributed by atoms with van der Waals surface area (Å²) in [5, 5.41) is 3.87. The Bertz CT molecular complexity index is 2470. The lowest BCUT2D eigenvalue weighted by Gasteiger charge is -2.12. The Balaban J connectivity index is 1.33. The van der Waals surface area contributed by atoms with Crippen LogP contribution in [0.4, 0.5) is 0 Å². The van der Waals surface area contributed by atoms with Gasteiger partial charge in [0.15, 0.2) is 0 Å². The van der Waals surface area contributed by atoms with Crippen LogP contribution >= 0.6 is 0 Å². The largest absolute Gasteiger partial charge is 0.466 e. The van der Waals surface area contributed by atoms with Gasteiger partial charge in [0.05, 0.1) is 35.3 Å². The van der Waals surface area contributed by atoms with Crippen molar-refractivity contribution in [1.29, 1.82) is 0 Å². The number of benzene rings is 4. The summed E-state index contributed by atoms with van der Waals surface area (Å²) in [6.07, 6.45) is 1.46. The standard InChI is InChI=1S/C36H28N4O6/c1-3-45-29(41)15-7-19-5-13-25-27(17-19)39-33(37-25)21-9-10-22-32-24(12-11-23(31(21)32)35(39)43)36(44)40-28-18-20(8-16-30(42)46-4-2)6-14-26(28)38-34(22)40/h5-6,9-14,17-18H,3-4,7-8,15-16H2,1-2H3. The van der Waals surface area contributed by atoms with E-state index in [1.54, 1.807) is 34.8 Å². The van der Waals surface area contributed by atoms with Crippen molar-refractivity contribution in [3.63, 3.8) is 0 Å². The fraction of sp³-hybridized carbons (Fsp3) is 0.222. The highest BCUT2D eigenvalue weighted by atomic mass is 16.5. The number of carbonyl (C=O) groups excluding carboxylic acids is 2. The fourth-order valence-corrected chi connectivity index (χ4v) is 6.75. The van der Waals surface area contributed by atoms with Crippen molar-refractivity contribution in [1.82, 2.24) is 18.8 Å². The van der Waals surface area contributed by atoms with Gasteiger partial charge >= 0.3 is 11.9 Å². The van der Waals surface area contributed by atoms with E-state index in [0.717, 1.165) is 21.9 Å². The molecule has 0 atom stereocenters. The fourth-order valence-electron chi connectivity index (χ4n) is 6.75. The van der Waals surface area contributed by atoms with E-state index in [0.29, 0.717) is 81.0 Å². The highest BCUT2D eigenvalue weighted by molar-refractivity contribution is 6.27. The molecule has 10 heteroatoms. The van der Waals surface area contributed by atoms with E-state index in [-0.39, 0.29) is 35.9 Å². The highest BCUT2D eigenvalue weighted by Gasteiger charge is 2.22. The number of imidazole rings is 2. The van der Waals surface area contributed by atoms with Crippen molar-refractivity contribution in [2.45, 2.75) is 39.5 Å². The van der Waals surface area contributed by atoms with E-state index in [2.05, 4.69) is 0 Å². The minimum atomic E-state index is -0.264. The second kappa shape index (κ2) is 10.5. The number of hydrogen-bond acceptors (Lipinski definition) is 8. The Morgan fingerprint density at radius 1 is 0.609 bits per heavy atom. The van der Waals surface area contributed by atoms with Gasteiger partial charge in [0, 0.05) is 45.2 Å². The number of rotatable bonds is 8. The van der Waals surface area contributed by atoms with Crippen molar-refractivity contribution in [3.05, 3.63) is 92.5 Å². The minimum absolute atomic E-state index is 0.228. The summed E-state index contributed by atoms with van der Waals surface area (Å²) in [5.41, 5.74) is 5.03. The van der Waals surface area contributed by atoms with Crippen LogP contribution in [0.1, 0.15) is 37.8 Å². The van der Waals surface area contributed by atoms with Crippen LogP contribution in [0.15, 0.2) is 70.3 Å². The topological polar surface area (TPSA) is 121 Å². The van der Waals surface area contributed by atoms with Crippen LogP contribution in [0, 0.1) is 0 Å². The molecule has 0 unspecified atom stereocenters. The van der Waals surface area contributed by atoms with Crippen molar-refractivity contribution in [2.24, 2.45) is 0 Å². The maximum atomic E-state index is 14.1. The molecule has 10 nitrogen and oxygen atoms in total. The molecule has 4 aromatic carbocycles. The monoisotopic (exact) mass is 612 g/mol. The summed E-state index contributed by atoms with van der Waals surface area (Å²) in [6.45, 7) is 4.22. The van der Waals surface area contributed by atoms with Crippen LogP contribution in [0.25, 0.3) is 65.7 Å². The minimum Gasteiger partial charge on any atom is -0.466 e. The van der Waals surface area contributed by atoms with Gasteiger partial charge in [0.1, 0.15) is 11.3 Å². The molecule has 8 rings (SSSR count). The Morgan fingerprint density at radius 3 is 1.43 bits per heavy atom. The number of ether oxygens (including phenoxy) is 2. The Labute approximate surface area is 260 Å². The third kappa shape index (κ3) is 4.09. The average Bonchev–Trinajstić information content (AvgIpc) is 3.63. The van der Waals surface area contributed by atoms with Gasteiger partial charge in [-0.05, 0) is 86.3 Å². The van der Waals surface area contributed by atoms with E-state index < -0.39 is 0 Å². The molecule has 0 saturated carbocycles. The second-order valence-electron chi connectivity index (χ2n) is 11.5. The van der Waals surface area contributed by atoms with Gasteiger partial charge < -0.3 is 9.47 Å². The van der Waals surface area contributed by atoms with Crippen LogP contribution in [0.2, 0.25) is 0 Å². The molecule has 0 saturated heterocycles. The number of esters is 2. The van der Waals surface area contributed by atoms with Crippen molar-refractivity contribution >= 4 is 77.6 Å². The summed E-state index contributed by atoms with van der Waals surface area (Å²) < 4.78 is 13.4. The molecule has 0 fully saturated rings. The maximum absolute atomic E-state index is 14.1. The molecule has 0 aliphatic rings. The highest BCUT2D eigenvalue weighted by Crippen LogP contribution is 2.37. The van der Waals surface area contributed by atoms with E-state index in [9.17, 15) is 19.2 Å². The lowest BCUT2D eigenvalue weighted by atomic mass is 9.96. The van der Waals surface area contributed by atoms with Gasteiger partial charge in [-0.15, -0.1) is 0 Å². The first kappa shape index (κ1) is 27.9. The lowest BCUT2D eigenvalue weighted by molar-refractivity contribution is -0.144. The predicted molar refractivity (Wildman–Crippen MR) is 176 cm³/mol. The molecule has 4 aromatic heterocycles. The Hall–Kier alpha value is -5.64. The first-order chi connectivity index (χ1) is 22.4. The zero-order valence-electron chi connectivity index (χ0n) is 25.3. The molecule has 0 bridgehead atoms. The zero-order valence-corrected chi connectivity index (χ0v) is 25.3. The zero-order chi connectivity index (χ0) is 31.7. The molecule has 0 N–H and O–H groups in total. The lowest BCUT2D eigenvalue weighted by Crippen LogP contribution is -2.16. The van der Waals surface area contributed by atoms with Gasteiger partial charge in [0.2, 0.25) is 0 Å². The molecule has 0 aliphatic heterocycles. The molecule has 8 aromatic rings. The van der Waals surface area contributed by atoms with E-state index in [1.165, 1.54) is 0 Å². The third-order valence-corrected chi connectivity index (χ3v) is 8.79. The van der Waals surface area contributed by atoms with E-state index >= 15 is 0 Å². The number of nitrogens with zero attached hydrogens (tertiary/aromatic N) is 4. The predicted octanol–water partition coefficient (Wildman–Crippen LogP) is 5.34. The molecule has 228 valence electrons. The number of aryl methyl sites for hydroxylation is 2. The Kier molecular flexibility index (Phi) is 6.35. The second-order valence-corrected chi connectivity index (χ2v) is 11.5. The van der Waals surface area contributed by atoms with Crippen LogP contribution in [0.3, 0.4) is 0 Å². The smallest absolute Gasteiger partial charge is 0.306 e. The molecule has 0 amide bonds. The van der Waals surface area contributed by atoms with Crippen molar-refractivity contribution < 1.29 is 19.1 Å². The van der Waals surface area contributed by atoms with Gasteiger partial charge in [-0.1, -0.05) is 12.1 Å². The van der Waals surface area contributed by atoms with Crippen LogP contribution < -0.4 is 11.1 Å². The summed E-state index contributed by atoms with van der Waals surface area (Å²) in [5.74, 6) is -0.527. The van der Waals surface area contributed by atoms with Gasteiger partial charge in [-0.3, -0.25) is 28.0 Å². The van der Waals surface area contributed by atoms with E-state index in [1.807, 2.05) is 48.5 Å². The van der Waals surface area contributed by atoms with Gasteiger partial charge in [0.25, 0.3) is 11.1 Å². The number of carbonyl (C=O) groups is 2. The third-order valence-electron chi connectivity index (χ3n) is 8.79. The summed E-state index contributed by atoms with van der Waals surface area (Å²) in [6, 6.07) is 18.7. The number of pyridine rings is 2. The number of fused-ring (bicyclic) bond motifs is 8. The van der Waals surface area contributed by atoms with Crippen molar-refractivity contribution in [3.8, 4) is 0 Å². The molecule has 4 heterocycles. The first-order valence-electron chi connectivity index (χ1n) is 15.4. The van der Waals surface area contributed by atoms with Crippen LogP contribution in [-0.4, -0.2) is 43.9 Å². The summed E-state index contributed by atoms with van der Waals surface area (Å²) in [7, 11) is 0. The van der Waals surface area contributed by atoms with Gasteiger partial charge in [-0.25, -0.2) is 9.97 Å². The quantitative estimate of drug-likeness (QED) is 0.167. The normalized spacial score (nSPS) is 12.1. The summed E-state index contributed by atoms with van der Waals surface area (Å²) >= 11 is 0. The molecule has 0 radical (unpaired) electrons. The molecular weight excluding hydrogens is 584 g/mol. The van der Waals surface area contributed by atoms with Gasteiger partial charge in [-0.2, -0.15) is 0 Å². The number of hydrogen-bond donors (Lipinski definition) is 0. The molecule has 0 aliphatic carbocycles. The molecular formula is C36H28N4O6. The average molecular weight is 613 g/mol. The molecule has 46 heavy (non-hydrogen) atoms. The Morgan fingerprint density at radius 2 is 1.02 bits per heavy atom. The first-order valence-corrected chi connectivity index (χ1v) is 15.4. The van der Waals surface area contributed by atoms with E-state index in [4.69, 9.17) is 19.4 Å². The summed E-state index contributed by atoms with van der Waals surface area (Å²) in [4.78, 5) is 61.8. The maximum Gasteiger partial charge on any atom is 0.306 e. The van der Waals surface area contributed by atoms with Crippen molar-refractivity contribution in [2.75, 3.05) is 13.2 Å². The SMILES string of the molecule is CCOC(=O)CCc1ccc2nc3c4ccc5c6c(ccc(c(=O)n3c2c1)c46)c(=O)n1c2cc(CCC(=O)OCC)ccc2nc51. The number of aromatic nitrogens is 4. The molecule has 0 spiro atoms.